The second-order valence-electron chi connectivity index (χ2n) is 7.27. The van der Waals surface area contributed by atoms with Gasteiger partial charge in [0.1, 0.15) is 5.75 Å². The Morgan fingerprint density at radius 1 is 1.15 bits per heavy atom. The van der Waals surface area contributed by atoms with Crippen molar-refractivity contribution in [2.45, 2.75) is 51.3 Å². The second-order valence-corrected chi connectivity index (χ2v) is 7.27. The maximum atomic E-state index is 10.5. The number of aliphatic carboxylic acids is 2. The van der Waals surface area contributed by atoms with Crippen molar-refractivity contribution in [3.63, 3.8) is 0 Å². The van der Waals surface area contributed by atoms with Crippen LogP contribution >= 0.6 is 0 Å². The lowest BCUT2D eigenvalue weighted by Gasteiger charge is -2.36. The standard InChI is InChI=1S/C15H24N2O2.C4H4O4/c1-15(2,3)17-11-7-5-9-10(14(11)19)6-8-12(18)13(9)16-4;5-3(6)1-2-4(7)8/h6,8,11,14,16-19H,5,7H2,1-4H3;1-2H,(H,5,6)(H,7,8). The number of phenolic OH excluding ortho intramolecular Hbond substituents is 1. The number of aromatic hydroxyl groups is 1. The van der Waals surface area contributed by atoms with Gasteiger partial charge in [0.15, 0.2) is 0 Å². The molecule has 0 spiro atoms. The third-order valence-electron chi connectivity index (χ3n) is 3.97. The minimum atomic E-state index is -1.26. The van der Waals surface area contributed by atoms with Gasteiger partial charge in [-0.2, -0.15) is 0 Å². The van der Waals surface area contributed by atoms with Crippen molar-refractivity contribution >= 4 is 17.6 Å². The van der Waals surface area contributed by atoms with Gasteiger partial charge in [-0.3, -0.25) is 0 Å². The van der Waals surface area contributed by atoms with E-state index in [1.54, 1.807) is 13.1 Å². The Labute approximate surface area is 158 Å². The van der Waals surface area contributed by atoms with Crippen molar-refractivity contribution < 1.29 is 30.0 Å². The van der Waals surface area contributed by atoms with Gasteiger partial charge in [-0.05, 0) is 50.8 Å². The molecular formula is C19H28N2O6. The lowest BCUT2D eigenvalue weighted by molar-refractivity contribution is -0.134. The zero-order valence-electron chi connectivity index (χ0n) is 16.0. The molecule has 0 saturated carbocycles. The first kappa shape index (κ1) is 22.5. The number of anilines is 1. The molecular weight excluding hydrogens is 352 g/mol. The van der Waals surface area contributed by atoms with E-state index in [-0.39, 0.29) is 17.3 Å². The first-order valence-corrected chi connectivity index (χ1v) is 8.58. The zero-order chi connectivity index (χ0) is 20.8. The van der Waals surface area contributed by atoms with Crippen LogP contribution < -0.4 is 10.6 Å². The molecule has 0 aromatic heterocycles. The summed E-state index contributed by atoms with van der Waals surface area (Å²) < 4.78 is 0. The fourth-order valence-corrected chi connectivity index (χ4v) is 3.00. The van der Waals surface area contributed by atoms with Crippen LogP contribution in [0.1, 0.15) is 44.4 Å². The minimum absolute atomic E-state index is 0.0219. The summed E-state index contributed by atoms with van der Waals surface area (Å²) in [5, 5.41) is 42.5. The Balaban J connectivity index is 0.000000387. The van der Waals surface area contributed by atoms with E-state index in [0.29, 0.717) is 12.2 Å². The largest absolute Gasteiger partial charge is 0.506 e. The highest BCUT2D eigenvalue weighted by atomic mass is 16.4. The zero-order valence-corrected chi connectivity index (χ0v) is 16.0. The molecule has 27 heavy (non-hydrogen) atoms. The number of rotatable bonds is 4. The molecule has 1 aliphatic rings. The lowest BCUT2D eigenvalue weighted by Crippen LogP contribution is -2.48. The number of nitrogens with one attached hydrogen (secondary N) is 2. The van der Waals surface area contributed by atoms with Crippen LogP contribution in [-0.4, -0.2) is 51.0 Å². The van der Waals surface area contributed by atoms with Crippen LogP contribution in [0.4, 0.5) is 5.69 Å². The Kier molecular flexibility index (Phi) is 7.81. The maximum Gasteiger partial charge on any atom is 0.328 e. The smallest absolute Gasteiger partial charge is 0.328 e. The minimum Gasteiger partial charge on any atom is -0.506 e. The van der Waals surface area contributed by atoms with Crippen molar-refractivity contribution in [2.75, 3.05) is 12.4 Å². The van der Waals surface area contributed by atoms with Crippen molar-refractivity contribution in [1.82, 2.24) is 5.32 Å². The van der Waals surface area contributed by atoms with E-state index in [2.05, 4.69) is 31.4 Å². The van der Waals surface area contributed by atoms with E-state index in [9.17, 15) is 19.8 Å². The van der Waals surface area contributed by atoms with Gasteiger partial charge in [-0.1, -0.05) is 6.07 Å². The molecule has 8 heteroatoms. The highest BCUT2D eigenvalue weighted by Gasteiger charge is 2.32. The van der Waals surface area contributed by atoms with E-state index in [0.717, 1.165) is 29.7 Å². The summed E-state index contributed by atoms with van der Waals surface area (Å²) >= 11 is 0. The van der Waals surface area contributed by atoms with Crippen molar-refractivity contribution in [3.8, 4) is 5.75 Å². The molecule has 0 bridgehead atoms. The highest BCUT2D eigenvalue weighted by Crippen LogP contribution is 2.39. The summed E-state index contributed by atoms with van der Waals surface area (Å²) in [5.74, 6) is -2.27. The Bertz CT molecular complexity index is 693. The molecule has 0 fully saturated rings. The number of carboxylic acids is 2. The van der Waals surface area contributed by atoms with Crippen molar-refractivity contribution in [3.05, 3.63) is 35.4 Å². The van der Waals surface area contributed by atoms with E-state index in [4.69, 9.17) is 10.2 Å². The van der Waals surface area contributed by atoms with Crippen molar-refractivity contribution in [1.29, 1.82) is 0 Å². The van der Waals surface area contributed by atoms with Crippen LogP contribution in [-0.2, 0) is 16.0 Å². The summed E-state index contributed by atoms with van der Waals surface area (Å²) in [6.07, 6.45) is 2.30. The topological polar surface area (TPSA) is 139 Å². The number of phenols is 1. The molecule has 0 saturated heterocycles. The lowest BCUT2D eigenvalue weighted by atomic mass is 9.83. The van der Waals surface area contributed by atoms with Crippen LogP contribution in [0, 0.1) is 0 Å². The van der Waals surface area contributed by atoms with Gasteiger partial charge in [0.05, 0.1) is 11.8 Å². The number of benzene rings is 1. The third-order valence-corrected chi connectivity index (χ3v) is 3.97. The van der Waals surface area contributed by atoms with E-state index >= 15 is 0 Å². The predicted octanol–water partition coefficient (Wildman–Crippen LogP) is 1.88. The molecule has 2 unspecified atom stereocenters. The number of hydrogen-bond acceptors (Lipinski definition) is 6. The SMILES string of the molecule is CNc1c(O)ccc2c1CCC(NC(C)(C)C)C2O.O=C(O)C=CC(=O)O. The van der Waals surface area contributed by atoms with Gasteiger partial charge < -0.3 is 31.1 Å². The van der Waals surface area contributed by atoms with Crippen LogP contribution in [0.25, 0.3) is 0 Å². The van der Waals surface area contributed by atoms with Crippen LogP contribution in [0.15, 0.2) is 24.3 Å². The molecule has 2 rings (SSSR count). The first-order valence-electron chi connectivity index (χ1n) is 8.58. The van der Waals surface area contributed by atoms with Gasteiger partial charge >= 0.3 is 11.9 Å². The maximum absolute atomic E-state index is 10.5. The fraction of sp³-hybridized carbons (Fsp3) is 0.474. The Morgan fingerprint density at radius 2 is 1.70 bits per heavy atom. The summed E-state index contributed by atoms with van der Waals surface area (Å²) in [5.41, 5.74) is 2.66. The number of aliphatic hydroxyl groups excluding tert-OH is 1. The molecule has 1 aliphatic carbocycles. The number of carboxylic acid groups (broad SMARTS) is 2. The van der Waals surface area contributed by atoms with Crippen molar-refractivity contribution in [2.24, 2.45) is 0 Å². The van der Waals surface area contributed by atoms with Crippen LogP contribution in [0.3, 0.4) is 0 Å². The van der Waals surface area contributed by atoms with E-state index in [1.807, 2.05) is 6.07 Å². The molecule has 1 aromatic carbocycles. The molecule has 150 valence electrons. The van der Waals surface area contributed by atoms with Crippen LogP contribution in [0.5, 0.6) is 5.75 Å². The fourth-order valence-electron chi connectivity index (χ4n) is 3.00. The van der Waals surface area contributed by atoms with E-state index < -0.39 is 18.0 Å². The molecule has 0 amide bonds. The molecule has 2 atom stereocenters. The number of aliphatic hydroxyl groups is 1. The monoisotopic (exact) mass is 380 g/mol. The highest BCUT2D eigenvalue weighted by molar-refractivity contribution is 5.89. The Hall–Kier alpha value is -2.58. The molecule has 0 radical (unpaired) electrons. The third kappa shape index (κ3) is 6.92. The molecule has 1 aromatic rings. The van der Waals surface area contributed by atoms with Gasteiger partial charge in [0.25, 0.3) is 0 Å². The number of fused-ring (bicyclic) bond motifs is 1. The first-order chi connectivity index (χ1) is 12.5. The summed E-state index contributed by atoms with van der Waals surface area (Å²) in [6.45, 7) is 6.31. The number of carbonyl (C=O) groups is 2. The van der Waals surface area contributed by atoms with Gasteiger partial charge in [-0.15, -0.1) is 0 Å². The second kappa shape index (κ2) is 9.38. The van der Waals surface area contributed by atoms with Gasteiger partial charge in [-0.25, -0.2) is 9.59 Å². The normalized spacial score (nSPS) is 19.0. The predicted molar refractivity (Wildman–Crippen MR) is 102 cm³/mol. The molecule has 0 heterocycles. The molecule has 6 N–H and O–H groups in total. The number of hydrogen-bond donors (Lipinski definition) is 6. The average molecular weight is 380 g/mol. The summed E-state index contributed by atoms with van der Waals surface area (Å²) in [7, 11) is 1.79. The Morgan fingerprint density at radius 3 is 2.15 bits per heavy atom. The molecule has 0 aliphatic heterocycles. The quantitative estimate of drug-likeness (QED) is 0.344. The summed E-state index contributed by atoms with van der Waals surface area (Å²) in [6, 6.07) is 3.53. The molecule has 8 nitrogen and oxygen atoms in total. The van der Waals surface area contributed by atoms with Gasteiger partial charge in [0.2, 0.25) is 0 Å². The van der Waals surface area contributed by atoms with E-state index in [1.165, 1.54) is 0 Å². The summed E-state index contributed by atoms with van der Waals surface area (Å²) in [4.78, 5) is 19.1. The van der Waals surface area contributed by atoms with Gasteiger partial charge in [0, 0.05) is 30.8 Å². The average Bonchev–Trinajstić information content (AvgIpc) is 2.55. The van der Waals surface area contributed by atoms with Crippen LogP contribution in [0.2, 0.25) is 0 Å².